The lowest BCUT2D eigenvalue weighted by atomic mass is 10.1. The van der Waals surface area contributed by atoms with E-state index in [9.17, 15) is 9.59 Å². The van der Waals surface area contributed by atoms with Crippen molar-refractivity contribution in [1.29, 1.82) is 0 Å². The highest BCUT2D eigenvalue weighted by Crippen LogP contribution is 2.18. The van der Waals surface area contributed by atoms with Crippen LogP contribution in [0.3, 0.4) is 0 Å². The van der Waals surface area contributed by atoms with Gasteiger partial charge in [0.05, 0.1) is 0 Å². The second-order valence-corrected chi connectivity index (χ2v) is 6.87. The van der Waals surface area contributed by atoms with E-state index in [1.165, 1.54) is 0 Å². The van der Waals surface area contributed by atoms with E-state index in [-0.39, 0.29) is 24.3 Å². The number of carbonyl (C=O) groups excluding carboxylic acids is 2. The summed E-state index contributed by atoms with van der Waals surface area (Å²) >= 11 is 0. The lowest BCUT2D eigenvalue weighted by Gasteiger charge is -2.33. The highest BCUT2D eigenvalue weighted by molar-refractivity contribution is 6.04. The van der Waals surface area contributed by atoms with E-state index < -0.39 is 0 Å². The van der Waals surface area contributed by atoms with Crippen molar-refractivity contribution >= 4 is 23.5 Å². The van der Waals surface area contributed by atoms with Gasteiger partial charge in [0.1, 0.15) is 6.42 Å². The van der Waals surface area contributed by atoms with Crippen molar-refractivity contribution < 1.29 is 9.59 Å². The predicted octanol–water partition coefficient (Wildman–Crippen LogP) is 2.21. The number of aryl methyl sites for hydroxylation is 1. The van der Waals surface area contributed by atoms with Gasteiger partial charge >= 0.3 is 0 Å². The van der Waals surface area contributed by atoms with Crippen molar-refractivity contribution in [2.45, 2.75) is 39.2 Å². The van der Waals surface area contributed by atoms with Gasteiger partial charge in [0, 0.05) is 37.2 Å². The monoisotopic (exact) mass is 367 g/mol. The lowest BCUT2D eigenvalue weighted by Crippen LogP contribution is -2.48. The third kappa shape index (κ3) is 5.03. The molecule has 2 N–H and O–H groups in total. The van der Waals surface area contributed by atoms with Crippen molar-refractivity contribution in [1.82, 2.24) is 15.3 Å². The van der Waals surface area contributed by atoms with Crippen LogP contribution in [0.5, 0.6) is 0 Å². The van der Waals surface area contributed by atoms with E-state index in [0.717, 1.165) is 36.2 Å². The number of nitrogens with one attached hydrogen (secondary N) is 2. The maximum atomic E-state index is 12.3. The maximum Gasteiger partial charge on any atom is 0.233 e. The Bertz CT molecular complexity index is 809. The van der Waals surface area contributed by atoms with Crippen LogP contribution in [0.4, 0.5) is 11.6 Å². The second-order valence-electron chi connectivity index (χ2n) is 6.87. The largest absolute Gasteiger partial charge is 0.351 e. The fourth-order valence-electron chi connectivity index (χ4n) is 3.24. The third-order valence-corrected chi connectivity index (χ3v) is 4.82. The fourth-order valence-corrected chi connectivity index (χ4v) is 3.24. The van der Waals surface area contributed by atoms with Crippen molar-refractivity contribution in [2.24, 2.45) is 0 Å². The molecule has 142 valence electrons. The minimum absolute atomic E-state index is 0.0106. The molecule has 1 aliphatic heterocycles. The van der Waals surface area contributed by atoms with Gasteiger partial charge in [-0.3, -0.25) is 9.59 Å². The van der Waals surface area contributed by atoms with E-state index in [1.807, 2.05) is 32.0 Å². The summed E-state index contributed by atoms with van der Waals surface area (Å²) in [6.45, 7) is 5.45. The van der Waals surface area contributed by atoms with E-state index in [1.54, 1.807) is 18.5 Å². The van der Waals surface area contributed by atoms with Crippen LogP contribution in [0, 0.1) is 13.8 Å². The second kappa shape index (κ2) is 8.62. The molecule has 0 aliphatic carbocycles. The van der Waals surface area contributed by atoms with Gasteiger partial charge in [0.2, 0.25) is 17.8 Å². The molecule has 27 heavy (non-hydrogen) atoms. The number of amides is 2. The van der Waals surface area contributed by atoms with Gasteiger partial charge in [-0.25, -0.2) is 9.97 Å². The number of rotatable bonds is 5. The summed E-state index contributed by atoms with van der Waals surface area (Å²) in [6, 6.07) is 7.49. The molecule has 2 amide bonds. The molecule has 0 spiro atoms. The average molecular weight is 367 g/mol. The SMILES string of the molecule is Cc1cccc(NC(=O)CC(=O)NC2CCCN(c3ncccn3)C2)c1C. The summed E-state index contributed by atoms with van der Waals surface area (Å²) in [5.41, 5.74) is 2.86. The number of benzene rings is 1. The first kappa shape index (κ1) is 18.8. The van der Waals surface area contributed by atoms with Crippen LogP contribution in [-0.4, -0.2) is 40.9 Å². The van der Waals surface area contributed by atoms with E-state index in [2.05, 4.69) is 25.5 Å². The first-order valence-electron chi connectivity index (χ1n) is 9.20. The van der Waals surface area contributed by atoms with Crippen molar-refractivity contribution in [3.8, 4) is 0 Å². The van der Waals surface area contributed by atoms with Crippen molar-refractivity contribution in [2.75, 3.05) is 23.3 Å². The Hall–Kier alpha value is -2.96. The van der Waals surface area contributed by atoms with Crippen LogP contribution in [0.25, 0.3) is 0 Å². The van der Waals surface area contributed by atoms with Gasteiger partial charge in [-0.1, -0.05) is 12.1 Å². The molecule has 0 saturated carbocycles. The quantitative estimate of drug-likeness (QED) is 0.791. The summed E-state index contributed by atoms with van der Waals surface area (Å²) in [5.74, 6) is 0.100. The zero-order valence-electron chi connectivity index (χ0n) is 15.7. The van der Waals surface area contributed by atoms with Crippen LogP contribution >= 0.6 is 0 Å². The molecule has 1 aliphatic rings. The first-order chi connectivity index (χ1) is 13.0. The molecule has 1 atom stereocenters. The van der Waals surface area contributed by atoms with Gasteiger partial charge in [-0.15, -0.1) is 0 Å². The van der Waals surface area contributed by atoms with Crippen LogP contribution in [0.1, 0.15) is 30.4 Å². The van der Waals surface area contributed by atoms with Crippen LogP contribution in [0.2, 0.25) is 0 Å². The first-order valence-corrected chi connectivity index (χ1v) is 9.20. The Kier molecular flexibility index (Phi) is 6.01. The van der Waals surface area contributed by atoms with Gasteiger partial charge < -0.3 is 15.5 Å². The van der Waals surface area contributed by atoms with E-state index in [4.69, 9.17) is 0 Å². The van der Waals surface area contributed by atoms with Gasteiger partial charge in [-0.05, 0) is 49.9 Å². The topological polar surface area (TPSA) is 87.2 Å². The Morgan fingerprint density at radius 3 is 2.70 bits per heavy atom. The molecule has 0 radical (unpaired) electrons. The molecule has 1 fully saturated rings. The number of anilines is 2. The third-order valence-electron chi connectivity index (χ3n) is 4.82. The minimum Gasteiger partial charge on any atom is -0.351 e. The zero-order chi connectivity index (χ0) is 19.2. The highest BCUT2D eigenvalue weighted by atomic mass is 16.2. The number of carbonyl (C=O) groups is 2. The number of aromatic nitrogens is 2. The molecule has 1 aromatic heterocycles. The summed E-state index contributed by atoms with van der Waals surface area (Å²) < 4.78 is 0. The Balaban J connectivity index is 1.51. The molecule has 1 aromatic carbocycles. The Morgan fingerprint density at radius 2 is 1.93 bits per heavy atom. The summed E-state index contributed by atoms with van der Waals surface area (Å²) in [4.78, 5) is 35.1. The molecule has 3 rings (SSSR count). The molecule has 1 saturated heterocycles. The normalized spacial score (nSPS) is 16.7. The number of hydrogen-bond donors (Lipinski definition) is 2. The molecule has 0 bridgehead atoms. The molecular weight excluding hydrogens is 342 g/mol. The summed E-state index contributed by atoms with van der Waals surface area (Å²) in [6.07, 6.45) is 5.06. The van der Waals surface area contributed by atoms with Crippen LogP contribution in [-0.2, 0) is 9.59 Å². The standard InChI is InChI=1S/C20H25N5O2/c1-14-6-3-8-17(15(14)2)24-19(27)12-18(26)23-16-7-4-11-25(13-16)20-21-9-5-10-22-20/h3,5-6,8-10,16H,4,7,11-13H2,1-2H3,(H,23,26)(H,24,27). The lowest BCUT2D eigenvalue weighted by molar-refractivity contribution is -0.127. The van der Waals surface area contributed by atoms with Crippen molar-refractivity contribution in [3.63, 3.8) is 0 Å². The molecule has 7 nitrogen and oxygen atoms in total. The van der Waals surface area contributed by atoms with E-state index >= 15 is 0 Å². The van der Waals surface area contributed by atoms with Crippen LogP contribution in [0.15, 0.2) is 36.7 Å². The fraction of sp³-hybridized carbons (Fsp3) is 0.400. The Labute approximate surface area is 159 Å². The molecule has 7 heteroatoms. The molecular formula is C20H25N5O2. The molecule has 2 aromatic rings. The van der Waals surface area contributed by atoms with Crippen LogP contribution < -0.4 is 15.5 Å². The summed E-state index contributed by atoms with van der Waals surface area (Å²) in [7, 11) is 0. The Morgan fingerprint density at radius 1 is 1.15 bits per heavy atom. The molecule has 2 heterocycles. The van der Waals surface area contributed by atoms with Crippen molar-refractivity contribution in [3.05, 3.63) is 47.8 Å². The zero-order valence-corrected chi connectivity index (χ0v) is 15.7. The minimum atomic E-state index is -0.305. The predicted molar refractivity (Wildman–Crippen MR) is 105 cm³/mol. The smallest absolute Gasteiger partial charge is 0.233 e. The van der Waals surface area contributed by atoms with Gasteiger partial charge in [0.15, 0.2) is 0 Å². The molecule has 1 unspecified atom stereocenters. The van der Waals surface area contributed by atoms with Gasteiger partial charge in [-0.2, -0.15) is 0 Å². The van der Waals surface area contributed by atoms with Gasteiger partial charge in [0.25, 0.3) is 0 Å². The number of hydrogen-bond acceptors (Lipinski definition) is 5. The maximum absolute atomic E-state index is 12.3. The number of nitrogens with zero attached hydrogens (tertiary/aromatic N) is 3. The summed E-state index contributed by atoms with van der Waals surface area (Å²) in [5, 5.41) is 5.79. The highest BCUT2D eigenvalue weighted by Gasteiger charge is 2.23. The van der Waals surface area contributed by atoms with E-state index in [0.29, 0.717) is 12.5 Å². The average Bonchev–Trinajstić information content (AvgIpc) is 2.66. The number of piperidine rings is 1.